The number of carboxylic acids is 2. The Balaban J connectivity index is 0.000000521. The van der Waals surface area contributed by atoms with E-state index in [1.807, 2.05) is 24.0 Å². The summed E-state index contributed by atoms with van der Waals surface area (Å²) in [7, 11) is 1.68. The van der Waals surface area contributed by atoms with Gasteiger partial charge in [-0.15, -0.1) is 0 Å². The van der Waals surface area contributed by atoms with E-state index in [1.165, 1.54) is 17.7 Å². The van der Waals surface area contributed by atoms with Crippen LogP contribution >= 0.6 is 0 Å². The Morgan fingerprint density at radius 1 is 1.00 bits per heavy atom. The second-order valence-corrected chi connectivity index (χ2v) is 8.73. The third kappa shape index (κ3) is 10.8. The van der Waals surface area contributed by atoms with Gasteiger partial charge in [0.05, 0.1) is 7.11 Å². The summed E-state index contributed by atoms with van der Waals surface area (Å²) in [6, 6.07) is 14.5. The normalized spacial score (nSPS) is 14.0. The number of aliphatic carboxylic acids is 2. The van der Waals surface area contributed by atoms with E-state index in [0.717, 1.165) is 50.3 Å². The van der Waals surface area contributed by atoms with Gasteiger partial charge in [0.2, 0.25) is 5.91 Å². The molecule has 0 bridgehead atoms. The molecule has 1 amide bonds. The summed E-state index contributed by atoms with van der Waals surface area (Å²) in [6.07, 6.45) is 4.77. The molecule has 8 nitrogen and oxygen atoms in total. The summed E-state index contributed by atoms with van der Waals surface area (Å²) in [5.41, 5.74) is 2.11. The van der Waals surface area contributed by atoms with Crippen molar-refractivity contribution in [1.82, 2.24) is 4.90 Å². The van der Waals surface area contributed by atoms with E-state index in [9.17, 15) is 18.8 Å². The zero-order valence-corrected chi connectivity index (χ0v) is 21.3. The Kier molecular flexibility index (Phi) is 12.3. The molecule has 0 spiro atoms. The summed E-state index contributed by atoms with van der Waals surface area (Å²) < 4.78 is 18.5. The molecular weight excluding hydrogens is 479 g/mol. The Hall–Kier alpha value is -3.72. The zero-order valence-electron chi connectivity index (χ0n) is 21.3. The van der Waals surface area contributed by atoms with E-state index in [4.69, 9.17) is 14.9 Å². The van der Waals surface area contributed by atoms with Crippen LogP contribution in [0.25, 0.3) is 0 Å². The van der Waals surface area contributed by atoms with Gasteiger partial charge in [0.15, 0.2) is 0 Å². The summed E-state index contributed by atoms with van der Waals surface area (Å²) in [5.74, 6) is -1.32. The topological polar surface area (TPSA) is 107 Å². The monoisotopic (exact) mass is 514 g/mol. The maximum Gasteiger partial charge on any atom is 0.328 e. The maximum absolute atomic E-state index is 13.3. The molecule has 0 radical (unpaired) electrons. The number of ether oxygens (including phenoxy) is 1. The molecule has 2 N–H and O–H groups in total. The Bertz CT molecular complexity index is 1020. The van der Waals surface area contributed by atoms with Gasteiger partial charge >= 0.3 is 11.9 Å². The average molecular weight is 515 g/mol. The van der Waals surface area contributed by atoms with Crippen molar-refractivity contribution in [1.29, 1.82) is 0 Å². The lowest BCUT2D eigenvalue weighted by molar-refractivity contribution is -0.134. The second kappa shape index (κ2) is 15.4. The number of nitrogens with zero attached hydrogens (tertiary/aromatic N) is 2. The Morgan fingerprint density at radius 3 is 2.05 bits per heavy atom. The summed E-state index contributed by atoms with van der Waals surface area (Å²) in [6.45, 7) is 5.75. The van der Waals surface area contributed by atoms with E-state index in [2.05, 4.69) is 17.0 Å². The minimum absolute atomic E-state index is 0.0959. The van der Waals surface area contributed by atoms with Crippen LogP contribution in [0.2, 0.25) is 0 Å². The van der Waals surface area contributed by atoms with Crippen molar-refractivity contribution in [3.8, 4) is 5.75 Å². The molecule has 1 heterocycles. The second-order valence-electron chi connectivity index (χ2n) is 8.73. The van der Waals surface area contributed by atoms with Crippen LogP contribution in [0.1, 0.15) is 31.7 Å². The molecule has 1 fully saturated rings. The number of hydrogen-bond donors (Lipinski definition) is 2. The summed E-state index contributed by atoms with van der Waals surface area (Å²) in [4.78, 5) is 35.9. The van der Waals surface area contributed by atoms with Crippen molar-refractivity contribution < 1.29 is 33.7 Å². The molecule has 0 aliphatic carbocycles. The highest BCUT2D eigenvalue weighted by atomic mass is 19.1. The molecule has 0 atom stereocenters. The van der Waals surface area contributed by atoms with Crippen LogP contribution < -0.4 is 9.64 Å². The van der Waals surface area contributed by atoms with Crippen molar-refractivity contribution in [3.63, 3.8) is 0 Å². The van der Waals surface area contributed by atoms with Crippen molar-refractivity contribution in [3.05, 3.63) is 72.1 Å². The molecule has 1 saturated heterocycles. The van der Waals surface area contributed by atoms with Crippen LogP contribution in [-0.2, 0) is 20.8 Å². The van der Waals surface area contributed by atoms with E-state index < -0.39 is 11.9 Å². The van der Waals surface area contributed by atoms with Crippen LogP contribution in [0.3, 0.4) is 0 Å². The summed E-state index contributed by atoms with van der Waals surface area (Å²) >= 11 is 0. The summed E-state index contributed by atoms with van der Waals surface area (Å²) in [5, 5.41) is 15.6. The number of hydrogen-bond acceptors (Lipinski definition) is 5. The first-order valence-electron chi connectivity index (χ1n) is 12.3. The average Bonchev–Trinajstić information content (AvgIpc) is 2.91. The van der Waals surface area contributed by atoms with Gasteiger partial charge in [0.25, 0.3) is 0 Å². The number of anilines is 1. The molecule has 37 heavy (non-hydrogen) atoms. The van der Waals surface area contributed by atoms with Crippen molar-refractivity contribution >= 4 is 23.5 Å². The number of amides is 1. The number of piperidine rings is 1. The van der Waals surface area contributed by atoms with Gasteiger partial charge in [-0.05, 0) is 80.2 Å². The van der Waals surface area contributed by atoms with Gasteiger partial charge in [0.1, 0.15) is 11.6 Å². The number of carboxylic acid groups (broad SMARTS) is 2. The van der Waals surface area contributed by atoms with E-state index >= 15 is 0 Å². The first kappa shape index (κ1) is 29.5. The molecular formula is C28H35FN2O6. The van der Waals surface area contributed by atoms with E-state index in [0.29, 0.717) is 31.0 Å². The van der Waals surface area contributed by atoms with Gasteiger partial charge in [0, 0.05) is 37.3 Å². The third-order valence-corrected chi connectivity index (χ3v) is 6.13. The standard InChI is InChI=1S/C24H31FN2O2.C4H4O4/c1-3-24(28)27(22-8-6-21(25)7-9-22)18-20-13-16-26(17-14-20)15-12-19-4-10-23(29-2)11-5-19;5-3(6)1-2-4(7)8/h4-11,20H,3,12-18H2,1-2H3;1-2H,(H,5,6)(H,7,8)/b;2-1+. The van der Waals surface area contributed by atoms with E-state index in [1.54, 1.807) is 19.2 Å². The number of methoxy groups -OCH3 is 1. The fraction of sp³-hybridized carbons (Fsp3) is 0.393. The minimum atomic E-state index is -1.26. The Morgan fingerprint density at radius 2 is 1.57 bits per heavy atom. The van der Waals surface area contributed by atoms with Gasteiger partial charge in [-0.3, -0.25) is 4.79 Å². The van der Waals surface area contributed by atoms with Gasteiger partial charge in [-0.2, -0.15) is 0 Å². The number of carbonyl (C=O) groups excluding carboxylic acids is 1. The highest BCUT2D eigenvalue weighted by molar-refractivity contribution is 5.93. The zero-order chi connectivity index (χ0) is 27.2. The Labute approximate surface area is 217 Å². The van der Waals surface area contributed by atoms with Crippen LogP contribution in [-0.4, -0.2) is 66.2 Å². The minimum Gasteiger partial charge on any atom is -0.497 e. The first-order chi connectivity index (χ1) is 17.7. The van der Waals surface area contributed by atoms with Gasteiger partial charge < -0.3 is 24.7 Å². The fourth-order valence-electron chi connectivity index (χ4n) is 4.04. The molecule has 2 aromatic carbocycles. The highest BCUT2D eigenvalue weighted by Gasteiger charge is 2.24. The van der Waals surface area contributed by atoms with Crippen LogP contribution in [0.5, 0.6) is 5.75 Å². The maximum atomic E-state index is 13.3. The van der Waals surface area contributed by atoms with Crippen LogP contribution in [0, 0.1) is 11.7 Å². The molecule has 9 heteroatoms. The van der Waals surface area contributed by atoms with Crippen molar-refractivity contribution in [2.45, 2.75) is 32.6 Å². The number of likely N-dealkylation sites (tertiary alicyclic amines) is 1. The number of benzene rings is 2. The predicted molar refractivity (Wildman–Crippen MR) is 139 cm³/mol. The van der Waals surface area contributed by atoms with Crippen molar-refractivity contribution in [2.75, 3.05) is 38.2 Å². The fourth-order valence-corrected chi connectivity index (χ4v) is 4.04. The molecule has 1 aliphatic heterocycles. The SMILES string of the molecule is CCC(=O)N(CC1CCN(CCc2ccc(OC)cc2)CC1)c1ccc(F)cc1.O=C(O)/C=C/C(=O)O. The molecule has 200 valence electrons. The first-order valence-corrected chi connectivity index (χ1v) is 12.3. The number of rotatable bonds is 10. The number of carbonyl (C=O) groups is 3. The van der Waals surface area contributed by atoms with E-state index in [-0.39, 0.29) is 11.7 Å². The lowest BCUT2D eigenvalue weighted by Gasteiger charge is -2.35. The molecule has 0 aromatic heterocycles. The largest absolute Gasteiger partial charge is 0.497 e. The van der Waals surface area contributed by atoms with Crippen LogP contribution in [0.15, 0.2) is 60.7 Å². The van der Waals surface area contributed by atoms with Gasteiger partial charge in [-0.25, -0.2) is 14.0 Å². The smallest absolute Gasteiger partial charge is 0.328 e. The molecule has 0 saturated carbocycles. The molecule has 3 rings (SSSR count). The van der Waals surface area contributed by atoms with Crippen molar-refractivity contribution in [2.24, 2.45) is 5.92 Å². The number of halogens is 1. The lowest BCUT2D eigenvalue weighted by Crippen LogP contribution is -2.41. The third-order valence-electron chi connectivity index (χ3n) is 6.13. The van der Waals surface area contributed by atoms with Gasteiger partial charge in [-0.1, -0.05) is 19.1 Å². The van der Waals surface area contributed by atoms with Crippen LogP contribution in [0.4, 0.5) is 10.1 Å². The molecule has 1 aliphatic rings. The quantitative estimate of drug-likeness (QED) is 0.457. The molecule has 2 aromatic rings. The molecule has 0 unspecified atom stereocenters. The lowest BCUT2D eigenvalue weighted by atomic mass is 9.95. The highest BCUT2D eigenvalue weighted by Crippen LogP contribution is 2.24. The predicted octanol–water partition coefficient (Wildman–Crippen LogP) is 4.24.